The summed E-state index contributed by atoms with van der Waals surface area (Å²) in [5, 5.41) is 14.9. The van der Waals surface area contributed by atoms with Crippen molar-refractivity contribution in [3.8, 4) is 0 Å². The number of hydrogen-bond acceptors (Lipinski definition) is 6. The van der Waals surface area contributed by atoms with E-state index in [1.165, 1.54) is 0 Å². The lowest BCUT2D eigenvalue weighted by atomic mass is 10.0. The van der Waals surface area contributed by atoms with Gasteiger partial charge in [0, 0.05) is 0 Å². The topological polar surface area (TPSA) is 123 Å². The van der Waals surface area contributed by atoms with Crippen LogP contribution >= 0.6 is 0 Å². The first-order chi connectivity index (χ1) is 15.0. The van der Waals surface area contributed by atoms with Crippen LogP contribution in [0.5, 0.6) is 0 Å². The quantitative estimate of drug-likeness (QED) is 0.528. The largest absolute Gasteiger partial charge is 0.479 e. The van der Waals surface area contributed by atoms with Gasteiger partial charge in [0.2, 0.25) is 5.91 Å². The Bertz CT molecular complexity index is 776. The molecule has 3 N–H and O–H groups in total. The van der Waals surface area contributed by atoms with Gasteiger partial charge in [0.15, 0.2) is 6.10 Å². The minimum atomic E-state index is -1.20. The molecule has 9 heteroatoms. The van der Waals surface area contributed by atoms with Crippen LogP contribution in [0, 0.1) is 5.92 Å². The van der Waals surface area contributed by atoms with Crippen molar-refractivity contribution in [2.45, 2.75) is 77.5 Å². The second-order valence-corrected chi connectivity index (χ2v) is 9.30. The Labute approximate surface area is 188 Å². The Morgan fingerprint density at radius 1 is 1.19 bits per heavy atom. The summed E-state index contributed by atoms with van der Waals surface area (Å²) in [7, 11) is 0. The number of carboxylic acid groups (broad SMARTS) is 1. The van der Waals surface area contributed by atoms with Crippen LogP contribution < -0.4 is 10.6 Å². The van der Waals surface area contributed by atoms with E-state index in [1.807, 2.05) is 44.2 Å². The van der Waals surface area contributed by atoms with Crippen LogP contribution in [0.3, 0.4) is 0 Å². The zero-order valence-electron chi connectivity index (χ0n) is 19.3. The molecule has 0 spiro atoms. The molecule has 1 aromatic rings. The highest BCUT2D eigenvalue weighted by Gasteiger charge is 2.44. The molecule has 1 fully saturated rings. The van der Waals surface area contributed by atoms with E-state index in [9.17, 15) is 19.5 Å². The smallest absolute Gasteiger partial charge is 0.408 e. The van der Waals surface area contributed by atoms with Crippen molar-refractivity contribution in [3.63, 3.8) is 0 Å². The van der Waals surface area contributed by atoms with Crippen molar-refractivity contribution in [1.82, 2.24) is 10.6 Å². The molecule has 0 aliphatic carbocycles. The summed E-state index contributed by atoms with van der Waals surface area (Å²) in [4.78, 5) is 36.8. The zero-order valence-corrected chi connectivity index (χ0v) is 19.3. The van der Waals surface area contributed by atoms with Crippen LogP contribution in [0.15, 0.2) is 30.3 Å². The third-order valence-corrected chi connectivity index (χ3v) is 4.72. The Balaban J connectivity index is 2.07. The van der Waals surface area contributed by atoms with E-state index >= 15 is 0 Å². The zero-order chi connectivity index (χ0) is 23.9. The highest BCUT2D eigenvalue weighted by Crippen LogP contribution is 2.21. The summed E-state index contributed by atoms with van der Waals surface area (Å²) >= 11 is 0. The summed E-state index contributed by atoms with van der Waals surface area (Å²) in [6.45, 7) is 9.24. The first kappa shape index (κ1) is 25.6. The normalized spacial score (nSPS) is 21.8. The number of rotatable bonds is 9. The van der Waals surface area contributed by atoms with Crippen LogP contribution in [-0.4, -0.2) is 59.6 Å². The van der Waals surface area contributed by atoms with Crippen LogP contribution in [0.25, 0.3) is 0 Å². The predicted molar refractivity (Wildman–Crippen MR) is 117 cm³/mol. The molecule has 4 atom stereocenters. The summed E-state index contributed by atoms with van der Waals surface area (Å²) in [6, 6.07) is 7.79. The third-order valence-electron chi connectivity index (χ3n) is 4.72. The number of alkyl carbamates (subject to hydrolysis) is 1. The van der Waals surface area contributed by atoms with E-state index in [1.54, 1.807) is 20.8 Å². The van der Waals surface area contributed by atoms with Gasteiger partial charge in [0.05, 0.1) is 19.3 Å². The molecule has 1 aromatic carbocycles. The molecule has 1 heterocycles. The lowest BCUT2D eigenvalue weighted by molar-refractivity contribution is -0.154. The summed E-state index contributed by atoms with van der Waals surface area (Å²) < 4.78 is 16.5. The van der Waals surface area contributed by atoms with E-state index in [4.69, 9.17) is 14.2 Å². The van der Waals surface area contributed by atoms with Crippen molar-refractivity contribution in [1.29, 1.82) is 0 Å². The molecular formula is C23H34N2O7. The number of hydrogen-bond donors (Lipinski definition) is 3. The van der Waals surface area contributed by atoms with Gasteiger partial charge in [0.1, 0.15) is 17.7 Å². The van der Waals surface area contributed by atoms with Crippen molar-refractivity contribution in [3.05, 3.63) is 35.9 Å². The number of aliphatic carboxylic acids is 1. The van der Waals surface area contributed by atoms with E-state index in [2.05, 4.69) is 10.6 Å². The molecule has 1 aliphatic heterocycles. The molecule has 9 nitrogen and oxygen atoms in total. The molecule has 32 heavy (non-hydrogen) atoms. The Kier molecular flexibility index (Phi) is 9.03. The highest BCUT2D eigenvalue weighted by atomic mass is 16.6. The van der Waals surface area contributed by atoms with Crippen LogP contribution in [-0.2, 0) is 30.4 Å². The first-order valence-corrected chi connectivity index (χ1v) is 10.8. The minimum absolute atomic E-state index is 0.0109. The second-order valence-electron chi connectivity index (χ2n) is 9.30. The summed E-state index contributed by atoms with van der Waals surface area (Å²) in [5.74, 6) is -1.49. The van der Waals surface area contributed by atoms with E-state index in [0.717, 1.165) is 5.56 Å². The number of carboxylic acids is 1. The number of amides is 2. The Morgan fingerprint density at radius 2 is 1.84 bits per heavy atom. The molecular weight excluding hydrogens is 416 g/mol. The first-order valence-electron chi connectivity index (χ1n) is 10.8. The Hall–Kier alpha value is -2.65. The van der Waals surface area contributed by atoms with Gasteiger partial charge in [-0.25, -0.2) is 9.59 Å². The van der Waals surface area contributed by atoms with E-state index in [-0.39, 0.29) is 19.1 Å². The van der Waals surface area contributed by atoms with Gasteiger partial charge in [-0.3, -0.25) is 4.79 Å². The molecule has 178 valence electrons. The molecule has 0 bridgehead atoms. The maximum Gasteiger partial charge on any atom is 0.408 e. The minimum Gasteiger partial charge on any atom is -0.479 e. The average molecular weight is 451 g/mol. The van der Waals surface area contributed by atoms with Gasteiger partial charge in [-0.1, -0.05) is 44.2 Å². The van der Waals surface area contributed by atoms with Crippen molar-refractivity contribution >= 4 is 18.0 Å². The molecule has 1 saturated heterocycles. The van der Waals surface area contributed by atoms with Crippen molar-refractivity contribution in [2.24, 2.45) is 5.92 Å². The molecule has 0 radical (unpaired) electrons. The average Bonchev–Trinajstić information content (AvgIpc) is 3.07. The number of ether oxygens (including phenoxy) is 3. The lowest BCUT2D eigenvalue weighted by Gasteiger charge is -2.27. The van der Waals surface area contributed by atoms with Gasteiger partial charge >= 0.3 is 12.1 Å². The highest BCUT2D eigenvalue weighted by molar-refractivity contribution is 5.86. The van der Waals surface area contributed by atoms with Gasteiger partial charge in [-0.05, 0) is 38.7 Å². The maximum absolute atomic E-state index is 13.0. The van der Waals surface area contributed by atoms with Crippen LogP contribution in [0.4, 0.5) is 4.79 Å². The standard InChI is InChI=1S/C23H34N2O7/c1-14(2)11-16(25-22(29)32-23(3,4)5)20(26)24-17-13-31-19(21(27)28)18(17)30-12-15-9-7-6-8-10-15/h6-10,14,16-19H,11-13H2,1-5H3,(H,24,26)(H,25,29)(H,27,28)/t16-,17-,18+,19+/m0/s1. The SMILES string of the molecule is CC(C)C[C@H](NC(=O)OC(C)(C)C)C(=O)N[C@H]1CO[C@@H](C(=O)O)[C@@H]1OCc1ccccc1. The molecule has 0 aromatic heterocycles. The van der Waals surface area contributed by atoms with E-state index in [0.29, 0.717) is 6.42 Å². The summed E-state index contributed by atoms with van der Waals surface area (Å²) in [6.07, 6.45) is -2.39. The van der Waals surface area contributed by atoms with Gasteiger partial charge in [-0.15, -0.1) is 0 Å². The maximum atomic E-state index is 13.0. The Morgan fingerprint density at radius 3 is 2.41 bits per heavy atom. The molecule has 0 saturated carbocycles. The number of carbonyl (C=O) groups excluding carboxylic acids is 2. The fraction of sp³-hybridized carbons (Fsp3) is 0.609. The van der Waals surface area contributed by atoms with Crippen LogP contribution in [0.1, 0.15) is 46.6 Å². The molecule has 2 amide bonds. The molecule has 0 unspecified atom stereocenters. The molecule has 2 rings (SSSR count). The summed E-state index contributed by atoms with van der Waals surface area (Å²) in [5.41, 5.74) is 0.172. The fourth-order valence-electron chi connectivity index (χ4n) is 3.35. The van der Waals surface area contributed by atoms with Crippen molar-refractivity contribution in [2.75, 3.05) is 6.61 Å². The van der Waals surface area contributed by atoms with Crippen LogP contribution in [0.2, 0.25) is 0 Å². The van der Waals surface area contributed by atoms with Gasteiger partial charge < -0.3 is 30.0 Å². The third kappa shape index (κ3) is 8.12. The van der Waals surface area contributed by atoms with Crippen molar-refractivity contribution < 1.29 is 33.7 Å². The number of nitrogens with one attached hydrogen (secondary N) is 2. The molecule has 1 aliphatic rings. The predicted octanol–water partition coefficient (Wildman–Crippen LogP) is 2.48. The van der Waals surface area contributed by atoms with Gasteiger partial charge in [-0.2, -0.15) is 0 Å². The number of benzene rings is 1. The fourth-order valence-corrected chi connectivity index (χ4v) is 3.35. The monoisotopic (exact) mass is 450 g/mol. The number of carbonyl (C=O) groups is 3. The van der Waals surface area contributed by atoms with E-state index < -0.39 is 47.9 Å². The lowest BCUT2D eigenvalue weighted by Crippen LogP contribution is -2.54. The van der Waals surface area contributed by atoms with Gasteiger partial charge in [0.25, 0.3) is 0 Å². The second kappa shape index (κ2) is 11.3.